The Morgan fingerprint density at radius 3 is 2.58 bits per heavy atom. The molecule has 0 aromatic heterocycles. The summed E-state index contributed by atoms with van der Waals surface area (Å²) in [5.74, 6) is -3.56. The number of para-hydroxylation sites is 1. The van der Waals surface area contributed by atoms with Gasteiger partial charge in [-0.2, -0.15) is 0 Å². The first kappa shape index (κ1) is 31.6. The molecule has 0 radical (unpaired) electrons. The maximum absolute atomic E-state index is 14.5. The largest absolute Gasteiger partial charge is 0.493 e. The number of rotatable bonds is 9. The van der Waals surface area contributed by atoms with Gasteiger partial charge >= 0.3 is 0 Å². The number of ether oxygens (including phenoxy) is 2. The van der Waals surface area contributed by atoms with E-state index >= 15 is 0 Å². The van der Waals surface area contributed by atoms with Crippen LogP contribution in [0.5, 0.6) is 5.75 Å². The van der Waals surface area contributed by atoms with Crippen molar-refractivity contribution in [3.8, 4) is 5.75 Å². The molecule has 1 aromatic carbocycles. The Morgan fingerprint density at radius 2 is 1.86 bits per heavy atom. The van der Waals surface area contributed by atoms with E-state index in [1.165, 1.54) is 0 Å². The lowest BCUT2D eigenvalue weighted by Crippen LogP contribution is -2.66. The van der Waals surface area contributed by atoms with Crippen molar-refractivity contribution in [3.63, 3.8) is 0 Å². The van der Waals surface area contributed by atoms with Crippen LogP contribution in [0.2, 0.25) is 0 Å². The van der Waals surface area contributed by atoms with Crippen LogP contribution < -0.4 is 20.7 Å². The number of halogens is 2. The first-order valence-electron chi connectivity index (χ1n) is 15.6. The van der Waals surface area contributed by atoms with Crippen molar-refractivity contribution in [1.29, 1.82) is 0 Å². The Morgan fingerprint density at radius 1 is 1.12 bits per heavy atom. The molecule has 3 fully saturated rings. The van der Waals surface area contributed by atoms with Crippen LogP contribution in [0.4, 0.5) is 8.78 Å². The van der Waals surface area contributed by atoms with E-state index in [2.05, 4.69) is 20.9 Å². The number of carbonyl (C=O) groups excluding carboxylic acids is 3. The minimum absolute atomic E-state index is 0.00312. The summed E-state index contributed by atoms with van der Waals surface area (Å²) in [5.41, 5.74) is 0.889. The van der Waals surface area contributed by atoms with E-state index in [4.69, 9.17) is 9.47 Å². The fourth-order valence-electron chi connectivity index (χ4n) is 6.98. The van der Waals surface area contributed by atoms with Crippen molar-refractivity contribution in [3.05, 3.63) is 29.8 Å². The van der Waals surface area contributed by atoms with Crippen molar-refractivity contribution < 1.29 is 32.6 Å². The number of nitrogens with one attached hydrogen (secondary N) is 3. The Balaban J connectivity index is 1.41. The number of alkyl halides is 2. The van der Waals surface area contributed by atoms with Crippen LogP contribution in [0.15, 0.2) is 24.3 Å². The van der Waals surface area contributed by atoms with Gasteiger partial charge in [-0.15, -0.1) is 0 Å². The molecule has 0 unspecified atom stereocenters. The van der Waals surface area contributed by atoms with E-state index in [1.54, 1.807) is 18.9 Å². The zero-order valence-electron chi connectivity index (χ0n) is 25.3. The van der Waals surface area contributed by atoms with Gasteiger partial charge in [0.15, 0.2) is 0 Å². The molecular weight excluding hydrogens is 560 g/mol. The number of fused-ring (bicyclic) bond motifs is 2. The van der Waals surface area contributed by atoms with Gasteiger partial charge in [-0.05, 0) is 52.1 Å². The molecule has 6 atom stereocenters. The smallest absolute Gasteiger partial charge is 0.248 e. The van der Waals surface area contributed by atoms with Crippen molar-refractivity contribution in [1.82, 2.24) is 25.8 Å². The molecule has 0 spiro atoms. The maximum Gasteiger partial charge on any atom is 0.248 e. The minimum Gasteiger partial charge on any atom is -0.493 e. The van der Waals surface area contributed by atoms with Crippen LogP contribution in [0.3, 0.4) is 0 Å². The fourth-order valence-corrected chi connectivity index (χ4v) is 6.98. The van der Waals surface area contributed by atoms with Crippen molar-refractivity contribution >= 4 is 17.7 Å². The summed E-state index contributed by atoms with van der Waals surface area (Å²) in [6.45, 7) is 5.95. The molecule has 3 amide bonds. The molecule has 0 bridgehead atoms. The second-order valence-electron chi connectivity index (χ2n) is 12.4. The molecule has 3 aliphatic heterocycles. The molecule has 1 aromatic rings. The minimum atomic E-state index is -2.78. The quantitative estimate of drug-likeness (QED) is 0.396. The summed E-state index contributed by atoms with van der Waals surface area (Å²) in [6.07, 6.45) is 0.883. The van der Waals surface area contributed by atoms with Gasteiger partial charge in [-0.3, -0.25) is 19.3 Å². The Bertz CT molecular complexity index is 1160. The second kappa shape index (κ2) is 13.4. The molecular formula is C31H45F2N5O5. The highest BCUT2D eigenvalue weighted by molar-refractivity contribution is 5.93. The molecule has 12 heteroatoms. The number of hydrogen-bond donors (Lipinski definition) is 3. The van der Waals surface area contributed by atoms with Crippen LogP contribution in [-0.2, 0) is 19.1 Å². The van der Waals surface area contributed by atoms with Gasteiger partial charge in [0.25, 0.3) is 0 Å². The predicted molar refractivity (Wildman–Crippen MR) is 156 cm³/mol. The number of likely N-dealkylation sites (N-methyl/N-ethyl adjacent to an activating group) is 1. The first-order chi connectivity index (χ1) is 20.6. The van der Waals surface area contributed by atoms with Gasteiger partial charge in [0.1, 0.15) is 17.8 Å². The van der Waals surface area contributed by atoms with Gasteiger partial charge in [-0.25, -0.2) is 8.78 Å². The molecule has 1 saturated carbocycles. The third-order valence-corrected chi connectivity index (χ3v) is 9.57. The molecule has 43 heavy (non-hydrogen) atoms. The lowest BCUT2D eigenvalue weighted by atomic mass is 9.81. The van der Waals surface area contributed by atoms with E-state index in [1.807, 2.05) is 31.2 Å². The Hall–Kier alpha value is -2.83. The number of nitrogens with zero attached hydrogens (tertiary/aromatic N) is 2. The van der Waals surface area contributed by atoms with E-state index < -0.39 is 30.0 Å². The van der Waals surface area contributed by atoms with Crippen LogP contribution in [-0.4, -0.2) is 104 Å². The lowest BCUT2D eigenvalue weighted by Gasteiger charge is -2.45. The molecule has 1 aliphatic carbocycles. The standard InChI is InChI=1S/C31H45F2N5O5/c1-4-42-22-15-21-16-38(30(41)27(36-28(39)19(2)34-3)20-9-12-31(32,33)13-10-20)25(18-37(21)17-22)29(40)35-24-11-14-43-26-8-6-5-7-23(24)26/h5-8,19-22,24-25,27,34H,4,9-18H2,1-3H3,(H,35,40)(H,36,39)/t19-,21-,22+,24+,25-,27-/m0/s1. The van der Waals surface area contributed by atoms with E-state index in [0.717, 1.165) is 17.7 Å². The van der Waals surface area contributed by atoms with Crippen LogP contribution in [0, 0.1) is 5.92 Å². The van der Waals surface area contributed by atoms with Gasteiger partial charge in [0.05, 0.1) is 24.8 Å². The van der Waals surface area contributed by atoms with Crippen molar-refractivity contribution in [2.24, 2.45) is 5.92 Å². The Kier molecular flexibility index (Phi) is 9.87. The highest BCUT2D eigenvalue weighted by Gasteiger charge is 2.48. The molecule has 4 aliphatic rings. The molecule has 5 rings (SSSR count). The monoisotopic (exact) mass is 605 g/mol. The number of piperazine rings is 1. The SMILES string of the molecule is CCO[C@@H]1C[C@H]2CN(C(=O)[C@@H](NC(=O)[C@H](C)NC)C3CCC(F)(F)CC3)[C@H](C(=O)N[C@@H]3CCOc4ccccc43)CN2C1. The molecule has 3 heterocycles. The summed E-state index contributed by atoms with van der Waals surface area (Å²) in [4.78, 5) is 45.3. The summed E-state index contributed by atoms with van der Waals surface area (Å²) in [7, 11) is 1.64. The number of hydrogen-bond acceptors (Lipinski definition) is 7. The normalized spacial score (nSPS) is 28.6. The first-order valence-corrected chi connectivity index (χ1v) is 15.6. The third-order valence-electron chi connectivity index (χ3n) is 9.57. The lowest BCUT2D eigenvalue weighted by molar-refractivity contribution is -0.150. The third kappa shape index (κ3) is 7.12. The molecule has 10 nitrogen and oxygen atoms in total. The number of benzene rings is 1. The van der Waals surface area contributed by atoms with Crippen LogP contribution >= 0.6 is 0 Å². The maximum atomic E-state index is 14.5. The Labute approximate surface area is 252 Å². The average molecular weight is 606 g/mol. The summed E-state index contributed by atoms with van der Waals surface area (Å²) < 4.78 is 39.9. The summed E-state index contributed by atoms with van der Waals surface area (Å²) in [6, 6.07) is 4.92. The zero-order valence-corrected chi connectivity index (χ0v) is 25.3. The number of amides is 3. The average Bonchev–Trinajstić information content (AvgIpc) is 3.40. The van der Waals surface area contributed by atoms with Crippen LogP contribution in [0.25, 0.3) is 0 Å². The van der Waals surface area contributed by atoms with E-state index in [9.17, 15) is 23.2 Å². The van der Waals surface area contributed by atoms with E-state index in [0.29, 0.717) is 39.3 Å². The summed E-state index contributed by atoms with van der Waals surface area (Å²) >= 11 is 0. The highest BCUT2D eigenvalue weighted by Crippen LogP contribution is 2.39. The van der Waals surface area contributed by atoms with Gasteiger partial charge in [-0.1, -0.05) is 18.2 Å². The topological polar surface area (TPSA) is 112 Å². The second-order valence-corrected chi connectivity index (χ2v) is 12.4. The van der Waals surface area contributed by atoms with Crippen molar-refractivity contribution in [2.45, 2.75) is 94.6 Å². The molecule has 3 N–H and O–H groups in total. The van der Waals surface area contributed by atoms with Gasteiger partial charge in [0.2, 0.25) is 23.6 Å². The van der Waals surface area contributed by atoms with Crippen LogP contribution in [0.1, 0.15) is 64.0 Å². The highest BCUT2D eigenvalue weighted by atomic mass is 19.3. The zero-order chi connectivity index (χ0) is 30.7. The summed E-state index contributed by atoms with van der Waals surface area (Å²) in [5, 5.41) is 8.94. The number of carbonyl (C=O) groups is 3. The van der Waals surface area contributed by atoms with Gasteiger partial charge < -0.3 is 30.3 Å². The molecule has 2 saturated heterocycles. The van der Waals surface area contributed by atoms with Gasteiger partial charge in [0, 0.05) is 57.1 Å². The molecule has 238 valence electrons. The predicted octanol–water partition coefficient (Wildman–Crippen LogP) is 2.23. The fraction of sp³-hybridized carbons (Fsp3) is 0.710. The van der Waals surface area contributed by atoms with Crippen molar-refractivity contribution in [2.75, 3.05) is 39.9 Å². The van der Waals surface area contributed by atoms with E-state index in [-0.39, 0.29) is 61.6 Å².